The first-order chi connectivity index (χ1) is 13.3. The van der Waals surface area contributed by atoms with Crippen molar-refractivity contribution in [3.05, 3.63) is 42.0 Å². The molecule has 2 aliphatic rings. The van der Waals surface area contributed by atoms with Crippen molar-refractivity contribution >= 4 is 21.6 Å². The van der Waals surface area contributed by atoms with E-state index in [9.17, 15) is 0 Å². The van der Waals surface area contributed by atoms with Crippen LogP contribution in [0.15, 0.2) is 36.4 Å². The fourth-order valence-electron chi connectivity index (χ4n) is 3.85. The summed E-state index contributed by atoms with van der Waals surface area (Å²) >= 11 is 1.71. The molecule has 1 fully saturated rings. The van der Waals surface area contributed by atoms with E-state index in [4.69, 9.17) is 19.2 Å². The second kappa shape index (κ2) is 7.11. The summed E-state index contributed by atoms with van der Waals surface area (Å²) in [6, 6.07) is 12.5. The number of benzene rings is 2. The molecule has 2 aromatic carbocycles. The molecule has 1 atom stereocenters. The third kappa shape index (κ3) is 3.29. The number of thiazole rings is 1. The van der Waals surface area contributed by atoms with Crippen LogP contribution in [0.4, 0.5) is 0 Å². The van der Waals surface area contributed by atoms with Gasteiger partial charge < -0.3 is 14.2 Å². The molecule has 27 heavy (non-hydrogen) atoms. The first-order valence-electron chi connectivity index (χ1n) is 9.34. The Labute approximate surface area is 162 Å². The Morgan fingerprint density at radius 1 is 1.30 bits per heavy atom. The molecule has 5 rings (SSSR count). The van der Waals surface area contributed by atoms with Crippen LogP contribution < -0.4 is 9.47 Å². The highest BCUT2D eigenvalue weighted by molar-refractivity contribution is 7.21. The van der Waals surface area contributed by atoms with Crippen molar-refractivity contribution in [2.45, 2.75) is 25.5 Å². The van der Waals surface area contributed by atoms with Gasteiger partial charge in [0.25, 0.3) is 0 Å². The molecule has 0 saturated carbocycles. The largest absolute Gasteiger partial charge is 0.493 e. The van der Waals surface area contributed by atoms with E-state index in [1.165, 1.54) is 4.70 Å². The van der Waals surface area contributed by atoms with Crippen molar-refractivity contribution in [3.63, 3.8) is 0 Å². The Bertz CT molecular complexity index is 932. The molecule has 0 bridgehead atoms. The maximum atomic E-state index is 6.05. The molecule has 5 nitrogen and oxygen atoms in total. The summed E-state index contributed by atoms with van der Waals surface area (Å²) in [4.78, 5) is 7.10. The molecular weight excluding hydrogens is 360 g/mol. The van der Waals surface area contributed by atoms with Crippen LogP contribution in [0.5, 0.6) is 11.5 Å². The molecule has 0 amide bonds. The monoisotopic (exact) mass is 382 g/mol. The smallest absolute Gasteiger partial charge is 0.167 e. The van der Waals surface area contributed by atoms with Gasteiger partial charge >= 0.3 is 0 Å². The average Bonchev–Trinajstić information content (AvgIpc) is 3.36. The number of methoxy groups -OCH3 is 1. The van der Waals surface area contributed by atoms with E-state index in [0.717, 1.165) is 65.7 Å². The lowest BCUT2D eigenvalue weighted by molar-refractivity contribution is 0.0269. The van der Waals surface area contributed by atoms with Crippen LogP contribution in [0.3, 0.4) is 0 Å². The SMILES string of the molecule is COc1cc(-c2nc3ccccc3s2)cc2c1OCN(C[C@@H]1CCCO1)C2. The summed E-state index contributed by atoms with van der Waals surface area (Å²) in [5.41, 5.74) is 3.26. The first kappa shape index (κ1) is 17.0. The van der Waals surface area contributed by atoms with Crippen molar-refractivity contribution in [2.75, 3.05) is 27.0 Å². The Hall–Kier alpha value is -2.15. The first-order valence-corrected chi connectivity index (χ1v) is 10.2. The molecule has 6 heteroatoms. The third-order valence-corrected chi connectivity index (χ3v) is 6.25. The minimum Gasteiger partial charge on any atom is -0.493 e. The highest BCUT2D eigenvalue weighted by Crippen LogP contribution is 2.41. The van der Waals surface area contributed by atoms with Gasteiger partial charge in [0.2, 0.25) is 0 Å². The second-order valence-corrected chi connectivity index (χ2v) is 8.10. The van der Waals surface area contributed by atoms with Gasteiger partial charge in [0, 0.05) is 30.8 Å². The zero-order chi connectivity index (χ0) is 18.2. The van der Waals surface area contributed by atoms with Gasteiger partial charge in [-0.15, -0.1) is 11.3 Å². The molecular formula is C21H22N2O3S. The predicted octanol–water partition coefficient (Wildman–Crippen LogP) is 4.30. The molecule has 0 spiro atoms. The molecule has 0 radical (unpaired) electrons. The summed E-state index contributed by atoms with van der Waals surface area (Å²) < 4.78 is 18.7. The van der Waals surface area contributed by atoms with Gasteiger partial charge in [0.1, 0.15) is 11.7 Å². The highest BCUT2D eigenvalue weighted by Gasteiger charge is 2.26. The molecule has 140 valence electrons. The number of fused-ring (bicyclic) bond motifs is 2. The molecule has 3 heterocycles. The highest BCUT2D eigenvalue weighted by atomic mass is 32.1. The molecule has 3 aromatic rings. The number of para-hydroxylation sites is 1. The van der Waals surface area contributed by atoms with Crippen LogP contribution in [0, 0.1) is 0 Å². The minimum atomic E-state index is 0.324. The maximum Gasteiger partial charge on any atom is 0.167 e. The zero-order valence-corrected chi connectivity index (χ0v) is 16.1. The number of aromatic nitrogens is 1. The van der Waals surface area contributed by atoms with Crippen LogP contribution >= 0.6 is 11.3 Å². The maximum absolute atomic E-state index is 6.05. The Morgan fingerprint density at radius 3 is 3.04 bits per heavy atom. The van der Waals surface area contributed by atoms with E-state index >= 15 is 0 Å². The van der Waals surface area contributed by atoms with Gasteiger partial charge in [-0.05, 0) is 37.1 Å². The van der Waals surface area contributed by atoms with Crippen molar-refractivity contribution in [3.8, 4) is 22.1 Å². The Kier molecular flexibility index (Phi) is 4.47. The van der Waals surface area contributed by atoms with Gasteiger partial charge in [-0.25, -0.2) is 4.98 Å². The summed E-state index contributed by atoms with van der Waals surface area (Å²) in [6.07, 6.45) is 2.62. The van der Waals surface area contributed by atoms with Crippen LogP contribution in [0.2, 0.25) is 0 Å². The van der Waals surface area contributed by atoms with Gasteiger partial charge in [0.05, 0.1) is 23.4 Å². The lowest BCUT2D eigenvalue weighted by Gasteiger charge is -2.31. The van der Waals surface area contributed by atoms with Crippen molar-refractivity contribution in [1.82, 2.24) is 9.88 Å². The molecule has 1 saturated heterocycles. The Balaban J connectivity index is 1.47. The number of hydrogen-bond acceptors (Lipinski definition) is 6. The quantitative estimate of drug-likeness (QED) is 0.673. The minimum absolute atomic E-state index is 0.324. The van der Waals surface area contributed by atoms with E-state index in [1.54, 1.807) is 18.4 Å². The van der Waals surface area contributed by atoms with E-state index in [1.807, 2.05) is 12.1 Å². The zero-order valence-electron chi connectivity index (χ0n) is 15.3. The molecule has 0 aliphatic carbocycles. The molecule has 2 aliphatic heterocycles. The topological polar surface area (TPSA) is 43.8 Å². The van der Waals surface area contributed by atoms with Gasteiger partial charge in [-0.1, -0.05) is 12.1 Å². The summed E-state index contributed by atoms with van der Waals surface area (Å²) in [6.45, 7) is 3.20. The average molecular weight is 382 g/mol. The number of hydrogen-bond donors (Lipinski definition) is 0. The van der Waals surface area contributed by atoms with Crippen molar-refractivity contribution in [1.29, 1.82) is 0 Å². The lowest BCUT2D eigenvalue weighted by atomic mass is 10.1. The van der Waals surface area contributed by atoms with E-state index in [0.29, 0.717) is 12.8 Å². The second-order valence-electron chi connectivity index (χ2n) is 7.07. The number of rotatable bonds is 4. The van der Waals surface area contributed by atoms with Crippen molar-refractivity contribution in [2.24, 2.45) is 0 Å². The van der Waals surface area contributed by atoms with Gasteiger partial charge in [-0.2, -0.15) is 0 Å². The fraction of sp³-hybridized carbons (Fsp3) is 0.381. The van der Waals surface area contributed by atoms with Gasteiger partial charge in [-0.3, -0.25) is 4.90 Å². The van der Waals surface area contributed by atoms with E-state index < -0.39 is 0 Å². The van der Waals surface area contributed by atoms with Crippen LogP contribution in [0.1, 0.15) is 18.4 Å². The predicted molar refractivity (Wildman–Crippen MR) is 106 cm³/mol. The molecule has 0 N–H and O–H groups in total. The molecule has 1 aromatic heterocycles. The lowest BCUT2D eigenvalue weighted by Crippen LogP contribution is -2.37. The van der Waals surface area contributed by atoms with Crippen molar-refractivity contribution < 1.29 is 14.2 Å². The van der Waals surface area contributed by atoms with Crippen LogP contribution in [-0.2, 0) is 11.3 Å². The summed E-state index contributed by atoms with van der Waals surface area (Å²) in [7, 11) is 1.69. The van der Waals surface area contributed by atoms with E-state index in [-0.39, 0.29) is 0 Å². The standard InChI is InChI=1S/C21H22N2O3S/c1-24-18-10-14(21-22-17-6-2-3-7-19(17)27-21)9-15-11-23(13-26-20(15)18)12-16-5-4-8-25-16/h2-3,6-7,9-10,16H,4-5,8,11-13H2,1H3/t16-/m0/s1. The summed E-state index contributed by atoms with van der Waals surface area (Å²) in [5.74, 6) is 1.63. The van der Waals surface area contributed by atoms with Crippen LogP contribution in [-0.4, -0.2) is 43.0 Å². The fourth-order valence-corrected chi connectivity index (χ4v) is 4.80. The summed E-state index contributed by atoms with van der Waals surface area (Å²) in [5, 5.41) is 1.01. The van der Waals surface area contributed by atoms with Gasteiger partial charge in [0.15, 0.2) is 11.5 Å². The van der Waals surface area contributed by atoms with Crippen LogP contribution in [0.25, 0.3) is 20.8 Å². The Morgan fingerprint density at radius 2 is 2.22 bits per heavy atom. The normalized spacial score (nSPS) is 19.8. The third-order valence-electron chi connectivity index (χ3n) is 5.16. The number of ether oxygens (including phenoxy) is 3. The number of nitrogens with zero attached hydrogens (tertiary/aromatic N) is 2. The van der Waals surface area contributed by atoms with E-state index in [2.05, 4.69) is 29.2 Å². The molecule has 0 unspecified atom stereocenters.